The third kappa shape index (κ3) is 2.90. The van der Waals surface area contributed by atoms with E-state index in [9.17, 15) is 5.11 Å². The third-order valence-corrected chi connectivity index (χ3v) is 5.19. The van der Waals surface area contributed by atoms with Gasteiger partial charge in [-0.25, -0.2) is 0 Å². The summed E-state index contributed by atoms with van der Waals surface area (Å²) in [6.07, 6.45) is 4.44. The van der Waals surface area contributed by atoms with Gasteiger partial charge in [-0.05, 0) is 49.6 Å². The summed E-state index contributed by atoms with van der Waals surface area (Å²) in [5.41, 5.74) is 7.46. The second-order valence-electron chi connectivity index (χ2n) is 6.42. The number of hydrogen-bond donors (Lipinski definition) is 2. The van der Waals surface area contributed by atoms with E-state index in [0.717, 1.165) is 26.1 Å². The minimum atomic E-state index is -0.134. The second-order valence-corrected chi connectivity index (χ2v) is 6.42. The number of nitrogens with two attached hydrogens (primary N) is 1. The predicted octanol–water partition coefficient (Wildman–Crippen LogP) is 1.96. The molecule has 0 amide bonds. The van der Waals surface area contributed by atoms with E-state index >= 15 is 0 Å². The largest absolute Gasteiger partial charge is 0.392 e. The summed E-state index contributed by atoms with van der Waals surface area (Å²) >= 11 is 0. The SMILES string of the molecule is NCC1CCC(c2ccccc2)CC1N1CCC(O)C1. The molecule has 110 valence electrons. The van der Waals surface area contributed by atoms with E-state index in [4.69, 9.17) is 5.73 Å². The molecule has 2 fully saturated rings. The van der Waals surface area contributed by atoms with Gasteiger partial charge in [0.1, 0.15) is 0 Å². The highest BCUT2D eigenvalue weighted by molar-refractivity contribution is 5.20. The first kappa shape index (κ1) is 14.1. The molecule has 3 N–H and O–H groups in total. The Hall–Kier alpha value is -0.900. The standard InChI is InChI=1S/C17H26N2O/c18-11-15-7-6-14(13-4-2-1-3-5-13)10-17(15)19-9-8-16(20)12-19/h1-5,14-17,20H,6-12,18H2. The molecule has 1 aromatic rings. The molecule has 0 spiro atoms. The van der Waals surface area contributed by atoms with Crippen molar-refractivity contribution in [3.05, 3.63) is 35.9 Å². The average molecular weight is 274 g/mol. The van der Waals surface area contributed by atoms with Crippen molar-refractivity contribution in [3.63, 3.8) is 0 Å². The molecule has 2 aliphatic rings. The normalized spacial score (nSPS) is 35.3. The molecule has 3 heteroatoms. The first-order valence-electron chi connectivity index (χ1n) is 7.95. The first-order chi connectivity index (χ1) is 9.78. The number of hydrogen-bond acceptors (Lipinski definition) is 3. The van der Waals surface area contributed by atoms with Crippen molar-refractivity contribution in [3.8, 4) is 0 Å². The van der Waals surface area contributed by atoms with Gasteiger partial charge in [0, 0.05) is 19.1 Å². The zero-order valence-electron chi connectivity index (χ0n) is 12.1. The Kier molecular flexibility index (Phi) is 4.39. The van der Waals surface area contributed by atoms with Crippen molar-refractivity contribution >= 4 is 0 Å². The van der Waals surface area contributed by atoms with Crippen LogP contribution in [0.4, 0.5) is 0 Å². The zero-order valence-corrected chi connectivity index (χ0v) is 12.1. The molecule has 4 atom stereocenters. The molecule has 0 radical (unpaired) electrons. The van der Waals surface area contributed by atoms with Crippen LogP contribution in [0.3, 0.4) is 0 Å². The van der Waals surface area contributed by atoms with E-state index in [1.165, 1.54) is 24.8 Å². The molecule has 3 rings (SSSR count). The molecule has 3 nitrogen and oxygen atoms in total. The molecule has 1 heterocycles. The van der Waals surface area contributed by atoms with Crippen LogP contribution in [0.2, 0.25) is 0 Å². The molecule has 20 heavy (non-hydrogen) atoms. The predicted molar refractivity (Wildman–Crippen MR) is 81.6 cm³/mol. The van der Waals surface area contributed by atoms with Gasteiger partial charge >= 0.3 is 0 Å². The molecule has 0 aromatic heterocycles. The zero-order chi connectivity index (χ0) is 13.9. The van der Waals surface area contributed by atoms with Crippen molar-refractivity contribution < 1.29 is 5.11 Å². The van der Waals surface area contributed by atoms with Gasteiger partial charge in [-0.15, -0.1) is 0 Å². The lowest BCUT2D eigenvalue weighted by Gasteiger charge is -2.41. The van der Waals surface area contributed by atoms with E-state index in [0.29, 0.717) is 17.9 Å². The highest BCUT2D eigenvalue weighted by Gasteiger charge is 2.36. The van der Waals surface area contributed by atoms with Gasteiger partial charge in [-0.3, -0.25) is 4.90 Å². The van der Waals surface area contributed by atoms with Crippen LogP contribution < -0.4 is 5.73 Å². The number of aliphatic hydroxyl groups is 1. The van der Waals surface area contributed by atoms with Gasteiger partial charge in [0.05, 0.1) is 6.10 Å². The van der Waals surface area contributed by atoms with Crippen LogP contribution in [0, 0.1) is 5.92 Å². The summed E-state index contributed by atoms with van der Waals surface area (Å²) in [5, 5.41) is 9.80. The lowest BCUT2D eigenvalue weighted by Crippen LogP contribution is -2.45. The number of aliphatic hydroxyl groups excluding tert-OH is 1. The summed E-state index contributed by atoms with van der Waals surface area (Å²) in [5.74, 6) is 1.25. The summed E-state index contributed by atoms with van der Waals surface area (Å²) in [6.45, 7) is 2.64. The highest BCUT2D eigenvalue weighted by atomic mass is 16.3. The van der Waals surface area contributed by atoms with Gasteiger partial charge in [0.15, 0.2) is 0 Å². The van der Waals surface area contributed by atoms with E-state index in [1.807, 2.05) is 0 Å². The average Bonchev–Trinajstić information content (AvgIpc) is 2.94. The lowest BCUT2D eigenvalue weighted by atomic mass is 9.75. The van der Waals surface area contributed by atoms with Crippen LogP contribution >= 0.6 is 0 Å². The number of β-amino-alcohol motifs (C(OH)–C–C–N with tert-alkyl or cyclic N) is 1. The van der Waals surface area contributed by atoms with Crippen molar-refractivity contribution in [2.45, 2.75) is 43.7 Å². The van der Waals surface area contributed by atoms with Crippen LogP contribution in [0.25, 0.3) is 0 Å². The van der Waals surface area contributed by atoms with E-state index in [1.54, 1.807) is 0 Å². The Morgan fingerprint density at radius 2 is 1.95 bits per heavy atom. The van der Waals surface area contributed by atoms with E-state index in [-0.39, 0.29) is 6.10 Å². The topological polar surface area (TPSA) is 49.5 Å². The smallest absolute Gasteiger partial charge is 0.0679 e. The Bertz CT molecular complexity index is 422. The molecule has 4 unspecified atom stereocenters. The van der Waals surface area contributed by atoms with Crippen LogP contribution in [-0.4, -0.2) is 41.8 Å². The van der Waals surface area contributed by atoms with E-state index in [2.05, 4.69) is 35.2 Å². The molecule has 1 aromatic carbocycles. The first-order valence-corrected chi connectivity index (χ1v) is 7.95. The minimum absolute atomic E-state index is 0.134. The van der Waals surface area contributed by atoms with Crippen molar-refractivity contribution in [2.75, 3.05) is 19.6 Å². The molecule has 1 aliphatic carbocycles. The van der Waals surface area contributed by atoms with Crippen molar-refractivity contribution in [1.82, 2.24) is 4.90 Å². The maximum atomic E-state index is 9.80. The van der Waals surface area contributed by atoms with Crippen molar-refractivity contribution in [2.24, 2.45) is 11.7 Å². The number of benzene rings is 1. The molecular weight excluding hydrogens is 248 g/mol. The molecule has 1 saturated heterocycles. The molecular formula is C17H26N2O. The maximum absolute atomic E-state index is 9.80. The van der Waals surface area contributed by atoms with Crippen LogP contribution in [0.15, 0.2) is 30.3 Å². The van der Waals surface area contributed by atoms with Gasteiger partial charge in [-0.2, -0.15) is 0 Å². The molecule has 1 saturated carbocycles. The van der Waals surface area contributed by atoms with Crippen LogP contribution in [0.5, 0.6) is 0 Å². The van der Waals surface area contributed by atoms with Gasteiger partial charge in [0.2, 0.25) is 0 Å². The number of nitrogens with zero attached hydrogens (tertiary/aromatic N) is 1. The van der Waals surface area contributed by atoms with Gasteiger partial charge in [-0.1, -0.05) is 30.3 Å². The monoisotopic (exact) mass is 274 g/mol. The lowest BCUT2D eigenvalue weighted by molar-refractivity contribution is 0.100. The summed E-state index contributed by atoms with van der Waals surface area (Å²) in [4.78, 5) is 2.48. The third-order valence-electron chi connectivity index (χ3n) is 5.19. The Labute approximate surface area is 121 Å². The second kappa shape index (κ2) is 6.25. The minimum Gasteiger partial charge on any atom is -0.392 e. The van der Waals surface area contributed by atoms with Crippen LogP contribution in [-0.2, 0) is 0 Å². The van der Waals surface area contributed by atoms with E-state index < -0.39 is 0 Å². The molecule has 1 aliphatic heterocycles. The summed E-state index contributed by atoms with van der Waals surface area (Å²) < 4.78 is 0. The number of rotatable bonds is 3. The Balaban J connectivity index is 1.72. The maximum Gasteiger partial charge on any atom is 0.0679 e. The number of likely N-dealkylation sites (tertiary alicyclic amines) is 1. The molecule has 0 bridgehead atoms. The Morgan fingerprint density at radius 1 is 1.15 bits per heavy atom. The Morgan fingerprint density at radius 3 is 2.60 bits per heavy atom. The van der Waals surface area contributed by atoms with Gasteiger partial charge < -0.3 is 10.8 Å². The highest BCUT2D eigenvalue weighted by Crippen LogP contribution is 2.38. The quantitative estimate of drug-likeness (QED) is 0.886. The fourth-order valence-electron chi connectivity index (χ4n) is 4.03. The van der Waals surface area contributed by atoms with Gasteiger partial charge in [0.25, 0.3) is 0 Å². The van der Waals surface area contributed by atoms with Crippen LogP contribution in [0.1, 0.15) is 37.2 Å². The van der Waals surface area contributed by atoms with Crippen molar-refractivity contribution in [1.29, 1.82) is 0 Å². The fraction of sp³-hybridized carbons (Fsp3) is 0.647. The summed E-state index contributed by atoms with van der Waals surface area (Å²) in [6, 6.07) is 11.4. The fourth-order valence-corrected chi connectivity index (χ4v) is 4.03. The summed E-state index contributed by atoms with van der Waals surface area (Å²) in [7, 11) is 0.